The number of nitrogens with one attached hydrogen (secondary N) is 1. The second-order valence-corrected chi connectivity index (χ2v) is 10.9. The van der Waals surface area contributed by atoms with E-state index in [0.29, 0.717) is 29.1 Å². The smallest absolute Gasteiger partial charge is 0.229 e. The third-order valence-electron chi connectivity index (χ3n) is 8.21. The highest BCUT2D eigenvalue weighted by Gasteiger charge is 2.38. The molecular formula is C30H37F2N7O. The van der Waals surface area contributed by atoms with Crippen molar-refractivity contribution >= 4 is 22.8 Å². The first-order valence-electron chi connectivity index (χ1n) is 14.0. The zero-order chi connectivity index (χ0) is 28.6. The summed E-state index contributed by atoms with van der Waals surface area (Å²) in [7, 11) is 0. The second-order valence-electron chi connectivity index (χ2n) is 10.9. The number of halogens is 2. The molecule has 1 fully saturated rings. The fraction of sp³-hybridized carbons (Fsp3) is 0.467. The third-order valence-corrected chi connectivity index (χ3v) is 8.21. The summed E-state index contributed by atoms with van der Waals surface area (Å²) < 4.78 is 31.8. The summed E-state index contributed by atoms with van der Waals surface area (Å²) in [5, 5.41) is 14.6. The lowest BCUT2D eigenvalue weighted by Gasteiger charge is -2.41. The van der Waals surface area contributed by atoms with Crippen molar-refractivity contribution in [3.63, 3.8) is 0 Å². The number of hydrogen-bond acceptors (Lipinski definition) is 7. The van der Waals surface area contributed by atoms with Gasteiger partial charge in [-0.25, -0.2) is 28.7 Å². The average molecular weight is 550 g/mol. The van der Waals surface area contributed by atoms with Gasteiger partial charge in [-0.15, -0.1) is 0 Å². The van der Waals surface area contributed by atoms with Crippen LogP contribution in [0, 0.1) is 24.5 Å². The Labute approximate surface area is 233 Å². The van der Waals surface area contributed by atoms with Crippen molar-refractivity contribution in [2.24, 2.45) is 5.92 Å². The van der Waals surface area contributed by atoms with Crippen LogP contribution < -0.4 is 5.32 Å². The number of anilines is 2. The molecule has 1 aliphatic heterocycles. The van der Waals surface area contributed by atoms with Crippen LogP contribution in [0.5, 0.6) is 0 Å². The van der Waals surface area contributed by atoms with E-state index in [0.717, 1.165) is 44.2 Å². The van der Waals surface area contributed by atoms with Crippen LogP contribution in [0.2, 0.25) is 0 Å². The Morgan fingerprint density at radius 2 is 1.80 bits per heavy atom. The molecule has 0 saturated carbocycles. The van der Waals surface area contributed by atoms with E-state index >= 15 is 4.39 Å². The second kappa shape index (κ2) is 11.2. The number of aryl methyl sites for hydroxylation is 1. The van der Waals surface area contributed by atoms with Gasteiger partial charge in [-0.1, -0.05) is 19.9 Å². The highest BCUT2D eigenvalue weighted by molar-refractivity contribution is 5.83. The molecular weight excluding hydrogens is 512 g/mol. The molecule has 3 aromatic heterocycles. The Kier molecular flexibility index (Phi) is 7.83. The maximum Gasteiger partial charge on any atom is 0.229 e. The molecule has 40 heavy (non-hydrogen) atoms. The van der Waals surface area contributed by atoms with Crippen LogP contribution in [-0.4, -0.2) is 54.1 Å². The molecule has 0 amide bonds. The number of hydrogen-bond donors (Lipinski definition) is 2. The van der Waals surface area contributed by atoms with E-state index in [1.165, 1.54) is 6.07 Å². The summed E-state index contributed by atoms with van der Waals surface area (Å²) in [6.07, 6.45) is 5.22. The average Bonchev–Trinajstić information content (AvgIpc) is 3.30. The predicted octanol–water partition coefficient (Wildman–Crippen LogP) is 6.13. The number of aliphatic hydroxyl groups is 1. The topological polar surface area (TPSA) is 92.0 Å². The fourth-order valence-electron chi connectivity index (χ4n) is 5.98. The van der Waals surface area contributed by atoms with Crippen molar-refractivity contribution in [2.45, 2.75) is 65.5 Å². The number of fused-ring (bicyclic) bond motifs is 1. The van der Waals surface area contributed by atoms with E-state index in [9.17, 15) is 9.50 Å². The first-order chi connectivity index (χ1) is 19.1. The summed E-state index contributed by atoms with van der Waals surface area (Å²) in [5.41, 5.74) is 0.917. The molecule has 212 valence electrons. The lowest BCUT2D eigenvalue weighted by molar-refractivity contribution is -0.0516. The normalized spacial score (nSPS) is 16.5. The maximum absolute atomic E-state index is 15.0. The first kappa shape index (κ1) is 28.0. The van der Waals surface area contributed by atoms with E-state index in [-0.39, 0.29) is 29.1 Å². The largest absolute Gasteiger partial charge is 0.385 e. The van der Waals surface area contributed by atoms with Gasteiger partial charge in [0.05, 0.1) is 17.3 Å². The monoisotopic (exact) mass is 549 g/mol. The molecule has 0 bridgehead atoms. The molecule has 4 heterocycles. The molecule has 1 atom stereocenters. The van der Waals surface area contributed by atoms with Crippen molar-refractivity contribution in [3.8, 4) is 11.3 Å². The van der Waals surface area contributed by atoms with Crippen molar-refractivity contribution in [1.82, 2.24) is 29.4 Å². The number of likely N-dealkylation sites (tertiary alicyclic amines) is 1. The predicted molar refractivity (Wildman–Crippen MR) is 152 cm³/mol. The SMILES string of the molecule is CCN1CCC([C@](O)(CC)c2ccc(Nc3ncc(F)c(-c4cc(F)c5nc(C)n(C(C)C)c5c4)n3)nc2)CC1. The molecule has 4 aromatic rings. The van der Waals surface area contributed by atoms with E-state index in [2.05, 4.69) is 37.1 Å². The van der Waals surface area contributed by atoms with Crippen LogP contribution in [0.15, 0.2) is 36.7 Å². The third kappa shape index (κ3) is 5.17. The van der Waals surface area contributed by atoms with Crippen LogP contribution in [0.1, 0.15) is 64.4 Å². The zero-order valence-corrected chi connectivity index (χ0v) is 23.7. The minimum atomic E-state index is -0.950. The number of piperidine rings is 1. The first-order valence-corrected chi connectivity index (χ1v) is 14.0. The van der Waals surface area contributed by atoms with Gasteiger partial charge in [0.15, 0.2) is 11.6 Å². The summed E-state index contributed by atoms with van der Waals surface area (Å²) in [5.74, 6) is 0.227. The van der Waals surface area contributed by atoms with Crippen molar-refractivity contribution in [3.05, 3.63) is 59.7 Å². The quantitative estimate of drug-likeness (QED) is 0.273. The van der Waals surface area contributed by atoms with Crippen LogP contribution in [0.25, 0.3) is 22.3 Å². The number of pyridine rings is 1. The Balaban J connectivity index is 1.40. The molecule has 0 aliphatic carbocycles. The highest BCUT2D eigenvalue weighted by atomic mass is 19.1. The number of imidazole rings is 1. The van der Waals surface area contributed by atoms with Gasteiger partial charge in [-0.3, -0.25) is 0 Å². The van der Waals surface area contributed by atoms with Crippen LogP contribution in [0.3, 0.4) is 0 Å². The maximum atomic E-state index is 15.0. The molecule has 1 aliphatic rings. The molecule has 10 heteroatoms. The fourth-order valence-corrected chi connectivity index (χ4v) is 5.98. The number of benzene rings is 1. The lowest BCUT2D eigenvalue weighted by atomic mass is 9.75. The number of nitrogens with zero attached hydrogens (tertiary/aromatic N) is 6. The number of aromatic nitrogens is 5. The summed E-state index contributed by atoms with van der Waals surface area (Å²) >= 11 is 0. The van der Waals surface area contributed by atoms with E-state index < -0.39 is 17.2 Å². The lowest BCUT2D eigenvalue weighted by Crippen LogP contribution is -2.43. The summed E-state index contributed by atoms with van der Waals surface area (Å²) in [6, 6.07) is 6.64. The molecule has 0 unspecified atom stereocenters. The molecule has 5 rings (SSSR count). The van der Waals surface area contributed by atoms with E-state index in [1.54, 1.807) is 18.3 Å². The highest BCUT2D eigenvalue weighted by Crippen LogP contribution is 2.39. The molecule has 2 N–H and O–H groups in total. The van der Waals surface area contributed by atoms with E-state index in [4.69, 9.17) is 0 Å². The summed E-state index contributed by atoms with van der Waals surface area (Å²) in [6.45, 7) is 13.0. The molecule has 0 spiro atoms. The van der Waals surface area contributed by atoms with Gasteiger partial charge in [0.25, 0.3) is 0 Å². The molecule has 1 aromatic carbocycles. The van der Waals surface area contributed by atoms with Gasteiger partial charge < -0.3 is 19.9 Å². The summed E-state index contributed by atoms with van der Waals surface area (Å²) in [4.78, 5) is 19.7. The van der Waals surface area contributed by atoms with Gasteiger partial charge in [0.2, 0.25) is 5.95 Å². The Hall–Kier alpha value is -3.50. The van der Waals surface area contributed by atoms with E-state index in [1.807, 2.05) is 38.3 Å². The Morgan fingerprint density at radius 1 is 1.05 bits per heavy atom. The minimum absolute atomic E-state index is 0.0251. The standard InChI is InChI=1S/C30H37F2N7O/c1-6-30(40,21-10-12-38(7-2)13-11-21)22-8-9-26(33-16-22)36-29-34-17-24(32)27(37-29)20-14-23(31)28-25(15-20)39(18(3)4)19(5)35-28/h8-9,14-18,21,40H,6-7,10-13H2,1-5H3,(H,33,34,36,37)/t30-/m1/s1. The van der Waals surface area contributed by atoms with Gasteiger partial charge in [0.1, 0.15) is 22.9 Å². The molecule has 1 saturated heterocycles. The van der Waals surface area contributed by atoms with Crippen molar-refractivity contribution in [1.29, 1.82) is 0 Å². The molecule has 8 nitrogen and oxygen atoms in total. The Morgan fingerprint density at radius 3 is 2.42 bits per heavy atom. The van der Waals surface area contributed by atoms with Crippen molar-refractivity contribution < 1.29 is 13.9 Å². The zero-order valence-electron chi connectivity index (χ0n) is 23.7. The van der Waals surface area contributed by atoms with Gasteiger partial charge in [-0.05, 0) is 83.8 Å². The van der Waals surface area contributed by atoms with Gasteiger partial charge in [0, 0.05) is 23.4 Å². The Bertz CT molecular complexity index is 1500. The van der Waals surface area contributed by atoms with Crippen molar-refractivity contribution in [2.75, 3.05) is 25.0 Å². The minimum Gasteiger partial charge on any atom is -0.385 e. The van der Waals surface area contributed by atoms with Gasteiger partial charge in [-0.2, -0.15) is 0 Å². The number of rotatable bonds is 8. The van der Waals surface area contributed by atoms with Crippen LogP contribution in [-0.2, 0) is 5.60 Å². The van der Waals surface area contributed by atoms with Gasteiger partial charge >= 0.3 is 0 Å². The molecule has 0 radical (unpaired) electrons. The van der Waals surface area contributed by atoms with Crippen LogP contribution in [0.4, 0.5) is 20.5 Å². The van der Waals surface area contributed by atoms with Crippen LogP contribution >= 0.6 is 0 Å².